The maximum Gasteiger partial charge on any atom is 0.225 e. The summed E-state index contributed by atoms with van der Waals surface area (Å²) in [5, 5.41) is 6.67. The molecule has 0 atom stereocenters. The molecule has 28 heavy (non-hydrogen) atoms. The van der Waals surface area contributed by atoms with E-state index in [9.17, 15) is 0 Å². The molecule has 2 N–H and O–H groups in total. The first-order valence-electron chi connectivity index (χ1n) is 9.26. The molecule has 140 valence electrons. The van der Waals surface area contributed by atoms with E-state index in [0.717, 1.165) is 22.8 Å². The summed E-state index contributed by atoms with van der Waals surface area (Å²) in [6.45, 7) is 3.32. The van der Waals surface area contributed by atoms with Crippen LogP contribution in [-0.4, -0.2) is 9.97 Å². The Hall–Kier alpha value is -3.60. The molecule has 0 radical (unpaired) electrons. The lowest BCUT2D eigenvalue weighted by Crippen LogP contribution is -2.08. The molecule has 0 saturated heterocycles. The Bertz CT molecular complexity index is 1030. The fourth-order valence-corrected chi connectivity index (χ4v) is 2.97. The number of benzene rings is 2. The quantitative estimate of drug-likeness (QED) is 0.464. The van der Waals surface area contributed by atoms with Gasteiger partial charge in [-0.2, -0.15) is 4.98 Å². The van der Waals surface area contributed by atoms with Crippen LogP contribution in [0, 0.1) is 6.92 Å². The van der Waals surface area contributed by atoms with Gasteiger partial charge in [0.1, 0.15) is 11.6 Å². The smallest absolute Gasteiger partial charge is 0.225 e. The highest BCUT2D eigenvalue weighted by Crippen LogP contribution is 2.22. The van der Waals surface area contributed by atoms with Crippen molar-refractivity contribution >= 4 is 11.8 Å². The number of aryl methyl sites for hydroxylation is 1. The SMILES string of the molecule is Cc1cccc(CNc2nc(NCc3ccco3)cc(-c3ccccc3)n2)c1. The Balaban J connectivity index is 1.57. The maximum atomic E-state index is 5.40. The summed E-state index contributed by atoms with van der Waals surface area (Å²) in [5.41, 5.74) is 4.34. The van der Waals surface area contributed by atoms with Gasteiger partial charge in [-0.1, -0.05) is 60.2 Å². The van der Waals surface area contributed by atoms with Crippen molar-refractivity contribution < 1.29 is 4.42 Å². The average Bonchev–Trinajstić information content (AvgIpc) is 3.25. The third-order valence-corrected chi connectivity index (χ3v) is 4.35. The second-order valence-electron chi connectivity index (χ2n) is 6.60. The monoisotopic (exact) mass is 370 g/mol. The van der Waals surface area contributed by atoms with E-state index in [1.807, 2.05) is 48.5 Å². The lowest BCUT2D eigenvalue weighted by molar-refractivity contribution is 0.518. The Labute approximate surface area is 164 Å². The van der Waals surface area contributed by atoms with Gasteiger partial charge in [0, 0.05) is 18.2 Å². The number of aromatic nitrogens is 2. The van der Waals surface area contributed by atoms with Gasteiger partial charge in [-0.05, 0) is 24.6 Å². The Morgan fingerprint density at radius 3 is 2.50 bits per heavy atom. The van der Waals surface area contributed by atoms with Crippen molar-refractivity contribution in [3.63, 3.8) is 0 Å². The molecule has 2 aromatic carbocycles. The van der Waals surface area contributed by atoms with Crippen LogP contribution < -0.4 is 10.6 Å². The molecule has 0 spiro atoms. The number of hydrogen-bond acceptors (Lipinski definition) is 5. The average molecular weight is 370 g/mol. The molecule has 0 aliphatic rings. The molecular formula is C23H22N4O. The van der Waals surface area contributed by atoms with Gasteiger partial charge in [0.2, 0.25) is 5.95 Å². The Morgan fingerprint density at radius 2 is 1.71 bits per heavy atom. The second-order valence-corrected chi connectivity index (χ2v) is 6.60. The molecule has 0 unspecified atom stereocenters. The molecule has 0 aliphatic carbocycles. The van der Waals surface area contributed by atoms with Gasteiger partial charge in [0.15, 0.2) is 0 Å². The molecule has 0 aliphatic heterocycles. The fourth-order valence-electron chi connectivity index (χ4n) is 2.97. The van der Waals surface area contributed by atoms with Crippen LogP contribution in [0.1, 0.15) is 16.9 Å². The number of anilines is 2. The van der Waals surface area contributed by atoms with Crippen molar-refractivity contribution in [3.05, 3.63) is 95.9 Å². The van der Waals surface area contributed by atoms with E-state index in [1.54, 1.807) is 6.26 Å². The third-order valence-electron chi connectivity index (χ3n) is 4.35. The summed E-state index contributed by atoms with van der Waals surface area (Å²) < 4.78 is 5.40. The minimum absolute atomic E-state index is 0.565. The zero-order valence-electron chi connectivity index (χ0n) is 15.7. The van der Waals surface area contributed by atoms with Crippen LogP contribution in [0.2, 0.25) is 0 Å². The molecule has 5 nitrogen and oxygen atoms in total. The highest BCUT2D eigenvalue weighted by atomic mass is 16.3. The van der Waals surface area contributed by atoms with Crippen LogP contribution in [0.25, 0.3) is 11.3 Å². The van der Waals surface area contributed by atoms with Crippen molar-refractivity contribution in [1.82, 2.24) is 9.97 Å². The van der Waals surface area contributed by atoms with Crippen LogP contribution in [0.15, 0.2) is 83.5 Å². The highest BCUT2D eigenvalue weighted by molar-refractivity contribution is 5.64. The molecule has 4 aromatic rings. The molecule has 5 heteroatoms. The number of rotatable bonds is 7. The van der Waals surface area contributed by atoms with Gasteiger partial charge >= 0.3 is 0 Å². The Kier molecular flexibility index (Phi) is 5.33. The number of furan rings is 1. The largest absolute Gasteiger partial charge is 0.467 e. The number of nitrogens with zero attached hydrogens (tertiary/aromatic N) is 2. The zero-order valence-corrected chi connectivity index (χ0v) is 15.7. The second kappa shape index (κ2) is 8.39. The summed E-state index contributed by atoms with van der Waals surface area (Å²) in [5.74, 6) is 2.19. The van der Waals surface area contributed by atoms with Crippen molar-refractivity contribution in [2.75, 3.05) is 10.6 Å². The molecule has 0 amide bonds. The number of nitrogens with one attached hydrogen (secondary N) is 2. The van der Waals surface area contributed by atoms with Gasteiger partial charge in [-0.3, -0.25) is 0 Å². The maximum absolute atomic E-state index is 5.40. The summed E-state index contributed by atoms with van der Waals surface area (Å²) in [4.78, 5) is 9.32. The Morgan fingerprint density at radius 1 is 0.821 bits per heavy atom. The molecule has 0 fully saturated rings. The lowest BCUT2D eigenvalue weighted by atomic mass is 10.1. The summed E-state index contributed by atoms with van der Waals surface area (Å²) in [7, 11) is 0. The normalized spacial score (nSPS) is 10.6. The lowest BCUT2D eigenvalue weighted by Gasteiger charge is -2.11. The number of hydrogen-bond donors (Lipinski definition) is 2. The minimum atomic E-state index is 0.565. The van der Waals surface area contributed by atoms with E-state index in [4.69, 9.17) is 9.40 Å². The van der Waals surface area contributed by atoms with E-state index >= 15 is 0 Å². The zero-order chi connectivity index (χ0) is 19.2. The molecule has 2 aromatic heterocycles. The summed E-state index contributed by atoms with van der Waals surface area (Å²) >= 11 is 0. The summed E-state index contributed by atoms with van der Waals surface area (Å²) in [6, 6.07) is 24.3. The van der Waals surface area contributed by atoms with E-state index in [0.29, 0.717) is 19.0 Å². The van der Waals surface area contributed by atoms with Crippen molar-refractivity contribution in [2.24, 2.45) is 0 Å². The first-order chi connectivity index (χ1) is 13.8. The van der Waals surface area contributed by atoms with Gasteiger partial charge in [-0.15, -0.1) is 0 Å². The minimum Gasteiger partial charge on any atom is -0.467 e. The molecule has 0 saturated carbocycles. The molecule has 0 bridgehead atoms. The molecule has 4 rings (SSSR count). The molecular weight excluding hydrogens is 348 g/mol. The van der Waals surface area contributed by atoms with Crippen LogP contribution in [0.3, 0.4) is 0 Å². The predicted octanol–water partition coefficient (Wildman–Crippen LogP) is 5.27. The van der Waals surface area contributed by atoms with E-state index in [1.165, 1.54) is 11.1 Å². The van der Waals surface area contributed by atoms with E-state index in [-0.39, 0.29) is 0 Å². The van der Waals surface area contributed by atoms with Crippen molar-refractivity contribution in [3.8, 4) is 11.3 Å². The topological polar surface area (TPSA) is 63.0 Å². The molecule has 2 heterocycles. The van der Waals surface area contributed by atoms with E-state index < -0.39 is 0 Å². The van der Waals surface area contributed by atoms with Crippen LogP contribution in [0.4, 0.5) is 11.8 Å². The van der Waals surface area contributed by atoms with Gasteiger partial charge < -0.3 is 15.1 Å². The summed E-state index contributed by atoms with van der Waals surface area (Å²) in [6.07, 6.45) is 1.67. The standard InChI is InChI=1S/C23H22N4O/c1-17-7-5-8-18(13-17)15-25-23-26-21(19-9-3-2-4-10-19)14-22(27-23)24-16-20-11-6-12-28-20/h2-14H,15-16H2,1H3,(H2,24,25,26,27). The highest BCUT2D eigenvalue weighted by Gasteiger charge is 2.08. The van der Waals surface area contributed by atoms with Crippen LogP contribution in [-0.2, 0) is 13.1 Å². The fraction of sp³-hybridized carbons (Fsp3) is 0.130. The first-order valence-corrected chi connectivity index (χ1v) is 9.26. The predicted molar refractivity (Wildman–Crippen MR) is 112 cm³/mol. The van der Waals surface area contributed by atoms with E-state index in [2.05, 4.69) is 46.8 Å². The van der Waals surface area contributed by atoms with Crippen molar-refractivity contribution in [1.29, 1.82) is 0 Å². The van der Waals surface area contributed by atoms with Crippen LogP contribution in [0.5, 0.6) is 0 Å². The third kappa shape index (κ3) is 4.57. The van der Waals surface area contributed by atoms with Gasteiger partial charge in [-0.25, -0.2) is 4.98 Å². The van der Waals surface area contributed by atoms with Gasteiger partial charge in [0.05, 0.1) is 18.5 Å². The van der Waals surface area contributed by atoms with Crippen molar-refractivity contribution in [2.45, 2.75) is 20.0 Å². The van der Waals surface area contributed by atoms with Gasteiger partial charge in [0.25, 0.3) is 0 Å². The van der Waals surface area contributed by atoms with Crippen LogP contribution >= 0.6 is 0 Å². The first kappa shape index (κ1) is 17.8.